The van der Waals surface area contributed by atoms with Gasteiger partial charge in [0.15, 0.2) is 0 Å². The Balaban J connectivity index is 1.45. The molecule has 0 unspecified atom stereocenters. The molecule has 1 aliphatic heterocycles. The molecule has 1 saturated heterocycles. The Bertz CT molecular complexity index is 1390. The van der Waals surface area contributed by atoms with Gasteiger partial charge in [-0.25, -0.2) is 0 Å². The summed E-state index contributed by atoms with van der Waals surface area (Å²) in [5.41, 5.74) is 3.30. The van der Waals surface area contributed by atoms with Crippen molar-refractivity contribution in [3.63, 3.8) is 0 Å². The van der Waals surface area contributed by atoms with Gasteiger partial charge in [-0.2, -0.15) is 0 Å². The van der Waals surface area contributed by atoms with Gasteiger partial charge >= 0.3 is 0 Å². The fourth-order valence-electron chi connectivity index (χ4n) is 4.98. The predicted molar refractivity (Wildman–Crippen MR) is 141 cm³/mol. The molecule has 0 spiro atoms. The van der Waals surface area contributed by atoms with Gasteiger partial charge in [0.1, 0.15) is 11.5 Å². The molecule has 36 heavy (non-hydrogen) atoms. The van der Waals surface area contributed by atoms with Crippen LogP contribution in [0.1, 0.15) is 36.1 Å². The number of aromatic hydroxyl groups is 2. The molecule has 4 aromatic carbocycles. The highest BCUT2D eigenvalue weighted by Crippen LogP contribution is 2.49. The molecule has 0 aromatic heterocycles. The number of phenolic OH excluding ortho intramolecular Hbond substituents is 2. The molecule has 3 N–H and O–H groups in total. The molecule has 5 rings (SSSR count). The highest BCUT2D eigenvalue weighted by atomic mass is 35.5. The van der Waals surface area contributed by atoms with Gasteiger partial charge < -0.3 is 20.2 Å². The number of anilines is 1. The maximum absolute atomic E-state index is 13.3. The maximum Gasteiger partial charge on any atom is 0.233 e. The molecule has 0 radical (unpaired) electrons. The van der Waals surface area contributed by atoms with Crippen molar-refractivity contribution < 1.29 is 20.1 Å². The van der Waals surface area contributed by atoms with E-state index in [-0.39, 0.29) is 17.4 Å². The molecule has 1 heterocycles. The van der Waals surface area contributed by atoms with Gasteiger partial charge in [0.2, 0.25) is 5.91 Å². The van der Waals surface area contributed by atoms with Gasteiger partial charge in [-0.1, -0.05) is 78.3 Å². The molecule has 1 fully saturated rings. The van der Waals surface area contributed by atoms with Crippen LogP contribution in [0.15, 0.2) is 97.1 Å². The third-order valence-electron chi connectivity index (χ3n) is 6.83. The molecule has 4 aromatic rings. The second kappa shape index (κ2) is 10.1. The minimum atomic E-state index is -0.796. The number of hydrogen-bond acceptors (Lipinski definition) is 4. The minimum absolute atomic E-state index is 0.0471. The van der Waals surface area contributed by atoms with Crippen molar-refractivity contribution in [2.24, 2.45) is 5.92 Å². The number of phenols is 2. The first-order chi connectivity index (χ1) is 17.5. The van der Waals surface area contributed by atoms with Crippen LogP contribution < -0.4 is 4.90 Å². The van der Waals surface area contributed by atoms with Gasteiger partial charge in [-0.05, 0) is 54.3 Å². The molecule has 182 valence electrons. The number of carbonyl (C=O) groups excluding carboxylic acids is 1. The van der Waals surface area contributed by atoms with Crippen LogP contribution in [0, 0.1) is 5.92 Å². The standard InChI is InChI=1S/C30H26ClNO4/c31-25-12-6-4-11-22(25)27(34)17-16-24-29(32(30(24)36)20-8-2-1-3-9-20)23-15-14-19(18-28(23)35)21-10-5-7-13-26(21)33/h1-15,18,24,27,29,33-35H,16-17H2/t24-,27+,29-/m1/s1. The second-order valence-electron chi connectivity index (χ2n) is 9.00. The van der Waals surface area contributed by atoms with Gasteiger partial charge in [-0.15, -0.1) is 0 Å². The molecule has 3 atom stereocenters. The number of benzene rings is 4. The van der Waals surface area contributed by atoms with E-state index in [9.17, 15) is 20.1 Å². The van der Waals surface area contributed by atoms with E-state index >= 15 is 0 Å². The summed E-state index contributed by atoms with van der Waals surface area (Å²) < 4.78 is 0. The summed E-state index contributed by atoms with van der Waals surface area (Å²) in [5.74, 6) is -0.294. The molecule has 0 aliphatic carbocycles. The Hall–Kier alpha value is -3.80. The lowest BCUT2D eigenvalue weighted by Crippen LogP contribution is -2.55. The molecule has 0 bridgehead atoms. The molecule has 1 amide bonds. The van der Waals surface area contributed by atoms with Gasteiger partial charge in [0.25, 0.3) is 0 Å². The highest BCUT2D eigenvalue weighted by Gasteiger charge is 2.49. The summed E-state index contributed by atoms with van der Waals surface area (Å²) in [6.07, 6.45) is -0.00875. The average molecular weight is 500 g/mol. The number of nitrogens with zero attached hydrogens (tertiary/aromatic N) is 1. The molecule has 1 aliphatic rings. The number of aliphatic hydroxyl groups excluding tert-OH is 1. The van der Waals surface area contributed by atoms with Crippen LogP contribution >= 0.6 is 11.6 Å². The number of aliphatic hydroxyl groups is 1. The van der Waals surface area contributed by atoms with Crippen LogP contribution in [0.25, 0.3) is 11.1 Å². The molecule has 6 heteroatoms. The molecule has 0 saturated carbocycles. The van der Waals surface area contributed by atoms with Crippen molar-refractivity contribution in [1.29, 1.82) is 0 Å². The van der Waals surface area contributed by atoms with Crippen molar-refractivity contribution in [2.75, 3.05) is 4.90 Å². The molecule has 5 nitrogen and oxygen atoms in total. The summed E-state index contributed by atoms with van der Waals surface area (Å²) in [6, 6.07) is 28.3. The lowest BCUT2D eigenvalue weighted by molar-refractivity contribution is -0.131. The first-order valence-corrected chi connectivity index (χ1v) is 12.3. The summed E-state index contributed by atoms with van der Waals surface area (Å²) in [6.45, 7) is 0. The zero-order chi connectivity index (χ0) is 25.2. The SMILES string of the molecule is O=C1[C@H](CC[C@H](O)c2ccccc2Cl)[C@@H](c2ccc(-c3ccccc3O)cc2O)N1c1ccccc1. The lowest BCUT2D eigenvalue weighted by atomic mass is 9.77. The first kappa shape index (κ1) is 23.9. The topological polar surface area (TPSA) is 81.0 Å². The number of para-hydroxylation sites is 2. The van der Waals surface area contributed by atoms with Crippen LogP contribution in [0.4, 0.5) is 5.69 Å². The van der Waals surface area contributed by atoms with Crippen LogP contribution in [0.3, 0.4) is 0 Å². The summed E-state index contributed by atoms with van der Waals surface area (Å²) in [5, 5.41) is 32.5. The summed E-state index contributed by atoms with van der Waals surface area (Å²) >= 11 is 6.25. The van der Waals surface area contributed by atoms with E-state index in [0.29, 0.717) is 40.1 Å². The van der Waals surface area contributed by atoms with Crippen molar-refractivity contribution in [2.45, 2.75) is 25.0 Å². The van der Waals surface area contributed by atoms with Crippen LogP contribution in [-0.4, -0.2) is 21.2 Å². The predicted octanol–water partition coefficient (Wildman–Crippen LogP) is 6.64. The number of carbonyl (C=O) groups is 1. The Kier molecular flexibility index (Phi) is 6.68. The Morgan fingerprint density at radius 1 is 0.833 bits per heavy atom. The van der Waals surface area contributed by atoms with Gasteiger partial charge in [0, 0.05) is 21.8 Å². The quantitative estimate of drug-likeness (QED) is 0.249. The molecular formula is C30H26ClNO4. The van der Waals surface area contributed by atoms with Crippen LogP contribution in [0.5, 0.6) is 11.5 Å². The van der Waals surface area contributed by atoms with Crippen molar-refractivity contribution in [3.05, 3.63) is 113 Å². The van der Waals surface area contributed by atoms with Gasteiger partial charge in [0.05, 0.1) is 18.1 Å². The zero-order valence-electron chi connectivity index (χ0n) is 19.5. The normalized spacial score (nSPS) is 18.1. The van der Waals surface area contributed by atoms with Crippen molar-refractivity contribution in [1.82, 2.24) is 0 Å². The minimum Gasteiger partial charge on any atom is -0.508 e. The number of hydrogen-bond donors (Lipinski definition) is 3. The van der Waals surface area contributed by atoms with E-state index in [2.05, 4.69) is 0 Å². The van der Waals surface area contributed by atoms with Crippen molar-refractivity contribution in [3.8, 4) is 22.6 Å². The lowest BCUT2D eigenvalue weighted by Gasteiger charge is -2.48. The number of rotatable bonds is 7. The number of β-lactam (4-membered cyclic amide) rings is 1. The van der Waals surface area contributed by atoms with E-state index in [0.717, 1.165) is 5.69 Å². The zero-order valence-corrected chi connectivity index (χ0v) is 20.2. The first-order valence-electron chi connectivity index (χ1n) is 11.9. The number of halogens is 1. The second-order valence-corrected chi connectivity index (χ2v) is 9.41. The summed E-state index contributed by atoms with van der Waals surface area (Å²) in [7, 11) is 0. The fraction of sp³-hybridized carbons (Fsp3) is 0.167. The smallest absolute Gasteiger partial charge is 0.233 e. The van der Waals surface area contributed by atoms with Gasteiger partial charge in [-0.3, -0.25) is 4.79 Å². The van der Waals surface area contributed by atoms with E-state index < -0.39 is 18.1 Å². The van der Waals surface area contributed by atoms with E-state index in [1.807, 2.05) is 60.7 Å². The molecular weight excluding hydrogens is 474 g/mol. The van der Waals surface area contributed by atoms with E-state index in [4.69, 9.17) is 11.6 Å². The Labute approximate surface area is 214 Å². The van der Waals surface area contributed by atoms with Crippen LogP contribution in [-0.2, 0) is 4.79 Å². The summed E-state index contributed by atoms with van der Waals surface area (Å²) in [4.78, 5) is 15.0. The van der Waals surface area contributed by atoms with Crippen LogP contribution in [0.2, 0.25) is 5.02 Å². The third-order valence-corrected chi connectivity index (χ3v) is 7.17. The van der Waals surface area contributed by atoms with Crippen molar-refractivity contribution >= 4 is 23.2 Å². The van der Waals surface area contributed by atoms with E-state index in [1.54, 1.807) is 41.3 Å². The Morgan fingerprint density at radius 3 is 2.25 bits per heavy atom. The highest BCUT2D eigenvalue weighted by molar-refractivity contribution is 6.31. The van der Waals surface area contributed by atoms with E-state index in [1.165, 1.54) is 0 Å². The largest absolute Gasteiger partial charge is 0.508 e. The maximum atomic E-state index is 13.3. The number of amides is 1. The third kappa shape index (κ3) is 4.43. The average Bonchev–Trinajstić information content (AvgIpc) is 2.88. The monoisotopic (exact) mass is 499 g/mol. The fourth-order valence-corrected chi connectivity index (χ4v) is 5.24. The Morgan fingerprint density at radius 2 is 1.53 bits per heavy atom.